The molecule has 0 atom stereocenters. The van der Waals surface area contributed by atoms with E-state index >= 15 is 0 Å². The second kappa shape index (κ2) is 8.63. The summed E-state index contributed by atoms with van der Waals surface area (Å²) < 4.78 is 46.4. The van der Waals surface area contributed by atoms with Crippen LogP contribution in [0, 0.1) is 13.0 Å². The molecule has 0 amide bonds. The summed E-state index contributed by atoms with van der Waals surface area (Å²) in [4.78, 5) is 8.92. The summed E-state index contributed by atoms with van der Waals surface area (Å²) in [6.45, 7) is 1.85. The summed E-state index contributed by atoms with van der Waals surface area (Å²) in [7, 11) is 1.29. The number of hydrogen-bond donors (Lipinski definition) is 1. The number of aryl methyl sites for hydroxylation is 1. The van der Waals surface area contributed by atoms with Gasteiger partial charge in [0.15, 0.2) is 11.5 Å². The minimum absolute atomic E-state index is 0.0202. The van der Waals surface area contributed by atoms with Crippen LogP contribution in [0.4, 0.5) is 24.7 Å². The highest BCUT2D eigenvalue weighted by Gasteiger charge is 2.34. The molecule has 0 spiro atoms. The van der Waals surface area contributed by atoms with Gasteiger partial charge in [0.05, 0.1) is 35.1 Å². The third-order valence-electron chi connectivity index (χ3n) is 5.04. The average molecular weight is 477 g/mol. The van der Waals surface area contributed by atoms with Gasteiger partial charge in [-0.15, -0.1) is 15.3 Å². The van der Waals surface area contributed by atoms with Crippen LogP contribution < -0.4 is 10.1 Å². The maximum atomic E-state index is 13.2. The maximum Gasteiger partial charge on any atom is 0.435 e. The average Bonchev–Trinajstić information content (AvgIpc) is 3.28. The Hall–Kier alpha value is -4.61. The fraction of sp³-hybridized carbons (Fsp3) is 0.130. The minimum Gasteiger partial charge on any atom is -0.479 e. The topological polar surface area (TPSA) is 104 Å². The Bertz CT molecular complexity index is 1520. The molecule has 0 bridgehead atoms. The normalized spacial score (nSPS) is 11.6. The lowest BCUT2D eigenvalue weighted by atomic mass is 10.1. The Balaban J connectivity index is 1.50. The van der Waals surface area contributed by atoms with E-state index in [9.17, 15) is 13.2 Å². The number of benzene rings is 1. The van der Waals surface area contributed by atoms with Crippen LogP contribution in [-0.4, -0.2) is 42.0 Å². The molecule has 12 heteroatoms. The molecule has 175 valence electrons. The summed E-state index contributed by atoms with van der Waals surface area (Å²) >= 11 is 0. The molecule has 1 radical (unpaired) electrons. The molecule has 5 rings (SSSR count). The third-order valence-corrected chi connectivity index (χ3v) is 5.04. The van der Waals surface area contributed by atoms with Gasteiger partial charge in [0.1, 0.15) is 12.1 Å². The monoisotopic (exact) mass is 477 g/mol. The summed E-state index contributed by atoms with van der Waals surface area (Å²) in [5, 5.41) is 18.0. The zero-order valence-electron chi connectivity index (χ0n) is 18.4. The second-order valence-corrected chi connectivity index (χ2v) is 7.45. The van der Waals surface area contributed by atoms with Gasteiger partial charge < -0.3 is 10.1 Å². The number of halogens is 3. The van der Waals surface area contributed by atoms with Gasteiger partial charge in [0, 0.05) is 11.8 Å². The van der Waals surface area contributed by atoms with Crippen LogP contribution in [-0.2, 0) is 6.18 Å². The number of nitrogens with one attached hydrogen (secondary N) is 1. The molecule has 0 fully saturated rings. The molecule has 4 aromatic heterocycles. The highest BCUT2D eigenvalue weighted by atomic mass is 19.4. The molecule has 9 nitrogen and oxygen atoms in total. The van der Waals surface area contributed by atoms with Crippen LogP contribution in [0.25, 0.3) is 28.1 Å². The van der Waals surface area contributed by atoms with Gasteiger partial charge >= 0.3 is 6.18 Å². The molecular weight excluding hydrogens is 461 g/mol. The van der Waals surface area contributed by atoms with Gasteiger partial charge in [0.2, 0.25) is 5.88 Å². The number of fused-ring (bicyclic) bond motifs is 1. The largest absolute Gasteiger partial charge is 0.479 e. The zero-order chi connectivity index (χ0) is 24.6. The molecular formula is C23H16F3N8O. The van der Waals surface area contributed by atoms with Crippen molar-refractivity contribution in [3.8, 4) is 23.0 Å². The number of methoxy groups -OCH3 is 1. The maximum absolute atomic E-state index is 13.2. The fourth-order valence-corrected chi connectivity index (χ4v) is 3.38. The predicted molar refractivity (Wildman–Crippen MR) is 120 cm³/mol. The van der Waals surface area contributed by atoms with Crippen molar-refractivity contribution in [1.82, 2.24) is 34.9 Å². The first-order chi connectivity index (χ1) is 16.8. The number of pyridine rings is 1. The van der Waals surface area contributed by atoms with Crippen molar-refractivity contribution >= 4 is 22.5 Å². The lowest BCUT2D eigenvalue weighted by molar-refractivity contribution is -0.141. The molecule has 0 saturated heterocycles. The van der Waals surface area contributed by atoms with Crippen LogP contribution in [0.5, 0.6) is 5.88 Å². The molecule has 1 aromatic carbocycles. The SMILES string of the molecule is COc1nnc(C(F)(F)F)cc1-c1[c]ccc(-n2cnc3cc(Nc4ccc(C)nn4)ccc32)n1. The highest BCUT2D eigenvalue weighted by molar-refractivity contribution is 5.82. The molecule has 0 unspecified atom stereocenters. The molecule has 35 heavy (non-hydrogen) atoms. The van der Waals surface area contributed by atoms with E-state index < -0.39 is 11.9 Å². The number of rotatable bonds is 5. The van der Waals surface area contributed by atoms with Crippen molar-refractivity contribution in [2.24, 2.45) is 0 Å². The lowest BCUT2D eigenvalue weighted by Gasteiger charge is -2.11. The van der Waals surface area contributed by atoms with E-state index in [-0.39, 0.29) is 17.1 Å². The molecule has 0 aliphatic heterocycles. The smallest absolute Gasteiger partial charge is 0.435 e. The molecule has 0 saturated carbocycles. The highest BCUT2D eigenvalue weighted by Crippen LogP contribution is 2.33. The zero-order valence-corrected chi connectivity index (χ0v) is 18.4. The van der Waals surface area contributed by atoms with Gasteiger partial charge in [-0.05, 0) is 55.5 Å². The summed E-state index contributed by atoms with van der Waals surface area (Å²) in [6.07, 6.45) is -3.09. The number of anilines is 2. The van der Waals surface area contributed by atoms with E-state index in [0.717, 1.165) is 23.0 Å². The van der Waals surface area contributed by atoms with Crippen LogP contribution in [0.15, 0.2) is 54.9 Å². The van der Waals surface area contributed by atoms with Crippen molar-refractivity contribution in [1.29, 1.82) is 0 Å². The van der Waals surface area contributed by atoms with Crippen LogP contribution in [0.3, 0.4) is 0 Å². The van der Waals surface area contributed by atoms with Crippen molar-refractivity contribution in [2.75, 3.05) is 12.4 Å². The van der Waals surface area contributed by atoms with Crippen molar-refractivity contribution in [2.45, 2.75) is 13.1 Å². The van der Waals surface area contributed by atoms with Crippen LogP contribution in [0.1, 0.15) is 11.4 Å². The first-order valence-electron chi connectivity index (χ1n) is 10.2. The Labute approximate surface area is 196 Å². The first-order valence-corrected chi connectivity index (χ1v) is 10.2. The van der Waals surface area contributed by atoms with Gasteiger partial charge in [0.25, 0.3) is 0 Å². The standard InChI is InChI=1S/C23H16F3N8O/c1-13-6-9-20(32-30-13)28-14-7-8-18-17(10-14)27-12-34(18)21-5-3-4-16(29-21)15-11-19(23(24,25)26)31-33-22(15)35-2/h3,5-12H,1-2H3,(H,28,32). The van der Waals surface area contributed by atoms with Crippen molar-refractivity contribution < 1.29 is 17.9 Å². The molecule has 1 N–H and O–H groups in total. The van der Waals surface area contributed by atoms with Crippen molar-refractivity contribution in [3.05, 3.63) is 72.3 Å². The number of hydrogen-bond acceptors (Lipinski definition) is 8. The summed E-state index contributed by atoms with van der Waals surface area (Å²) in [5.74, 6) is 0.931. The lowest BCUT2D eigenvalue weighted by Crippen LogP contribution is -2.10. The Morgan fingerprint density at radius 3 is 2.60 bits per heavy atom. The Morgan fingerprint density at radius 2 is 1.86 bits per heavy atom. The Morgan fingerprint density at radius 1 is 1.00 bits per heavy atom. The van der Waals surface area contributed by atoms with Gasteiger partial charge in [-0.25, -0.2) is 9.97 Å². The fourth-order valence-electron chi connectivity index (χ4n) is 3.38. The van der Waals surface area contributed by atoms with E-state index in [1.165, 1.54) is 7.11 Å². The molecule has 5 aromatic rings. The number of nitrogens with zero attached hydrogens (tertiary/aromatic N) is 7. The summed E-state index contributed by atoms with van der Waals surface area (Å²) in [6, 6.07) is 16.1. The Kier molecular flexibility index (Phi) is 5.47. The number of ether oxygens (including phenoxy) is 1. The van der Waals surface area contributed by atoms with Crippen LogP contribution in [0.2, 0.25) is 0 Å². The first kappa shape index (κ1) is 22.2. The predicted octanol–water partition coefficient (Wildman–Crippen LogP) is 4.55. The van der Waals surface area contributed by atoms with E-state index in [1.807, 2.05) is 37.3 Å². The van der Waals surface area contributed by atoms with E-state index in [0.29, 0.717) is 17.2 Å². The van der Waals surface area contributed by atoms with Crippen LogP contribution >= 0.6 is 0 Å². The number of imidazole rings is 1. The second-order valence-electron chi connectivity index (χ2n) is 7.45. The third kappa shape index (κ3) is 4.45. The quantitative estimate of drug-likeness (QED) is 0.393. The van der Waals surface area contributed by atoms with E-state index in [2.05, 4.69) is 41.7 Å². The number of alkyl halides is 3. The molecule has 4 heterocycles. The van der Waals surface area contributed by atoms with E-state index in [1.54, 1.807) is 23.0 Å². The van der Waals surface area contributed by atoms with Gasteiger partial charge in [-0.2, -0.15) is 18.3 Å². The minimum atomic E-state index is -4.66. The summed E-state index contributed by atoms with van der Waals surface area (Å²) in [5.41, 5.74) is 1.99. The molecule has 0 aliphatic carbocycles. The van der Waals surface area contributed by atoms with Gasteiger partial charge in [-0.3, -0.25) is 4.57 Å². The van der Waals surface area contributed by atoms with E-state index in [4.69, 9.17) is 4.74 Å². The van der Waals surface area contributed by atoms with Gasteiger partial charge in [-0.1, -0.05) is 0 Å². The van der Waals surface area contributed by atoms with Crippen molar-refractivity contribution in [3.63, 3.8) is 0 Å². The number of aromatic nitrogens is 7. The molecule has 0 aliphatic rings.